The second kappa shape index (κ2) is 8.27. The van der Waals surface area contributed by atoms with Gasteiger partial charge in [0.1, 0.15) is 5.75 Å². The van der Waals surface area contributed by atoms with E-state index in [0.29, 0.717) is 12.2 Å². The molecule has 2 atom stereocenters. The minimum atomic E-state index is -0.137. The fourth-order valence-electron chi connectivity index (χ4n) is 4.23. The molecule has 0 spiro atoms. The van der Waals surface area contributed by atoms with E-state index < -0.39 is 0 Å². The van der Waals surface area contributed by atoms with Gasteiger partial charge < -0.3 is 14.6 Å². The molecule has 1 fully saturated rings. The van der Waals surface area contributed by atoms with E-state index in [1.165, 1.54) is 22.2 Å². The molecule has 3 N–H and O–H groups in total. The number of carbonyl (C=O) groups excluding carboxylic acids is 1. The van der Waals surface area contributed by atoms with Crippen LogP contribution in [0.3, 0.4) is 0 Å². The molecule has 152 valence electrons. The first kappa shape index (κ1) is 19.5. The van der Waals surface area contributed by atoms with Gasteiger partial charge in [0.15, 0.2) is 0 Å². The van der Waals surface area contributed by atoms with Gasteiger partial charge in [0.2, 0.25) is 0 Å². The highest BCUT2D eigenvalue weighted by Gasteiger charge is 2.30. The highest BCUT2D eigenvalue weighted by molar-refractivity contribution is 5.94. The molecule has 0 aliphatic carbocycles. The predicted molar refractivity (Wildman–Crippen MR) is 115 cm³/mol. The third kappa shape index (κ3) is 3.73. The number of rotatable bonds is 6. The zero-order valence-corrected chi connectivity index (χ0v) is 17.2. The SMILES string of the molecule is CCOc1ccc(C(=O)NC2CC(c3c(C)c4ccccc4n3CC)NN2)cc1. The minimum absolute atomic E-state index is 0.0965. The minimum Gasteiger partial charge on any atom is -0.494 e. The van der Waals surface area contributed by atoms with Crippen molar-refractivity contribution in [3.63, 3.8) is 0 Å². The van der Waals surface area contributed by atoms with Gasteiger partial charge in [0.25, 0.3) is 5.91 Å². The number of aromatic nitrogens is 1. The highest BCUT2D eigenvalue weighted by atomic mass is 16.5. The van der Waals surface area contributed by atoms with Crippen LogP contribution in [0, 0.1) is 6.92 Å². The van der Waals surface area contributed by atoms with E-state index in [1.807, 2.05) is 19.1 Å². The Balaban J connectivity index is 1.48. The maximum atomic E-state index is 12.6. The van der Waals surface area contributed by atoms with Crippen molar-refractivity contribution in [3.05, 3.63) is 65.4 Å². The summed E-state index contributed by atoms with van der Waals surface area (Å²) in [7, 11) is 0. The number of ether oxygens (including phenoxy) is 1. The van der Waals surface area contributed by atoms with Crippen LogP contribution in [0.1, 0.15) is 47.9 Å². The summed E-state index contributed by atoms with van der Waals surface area (Å²) in [5.41, 5.74) is 11.1. The number of carbonyl (C=O) groups is 1. The molecule has 4 rings (SSSR count). The molecule has 0 radical (unpaired) electrons. The lowest BCUT2D eigenvalue weighted by Gasteiger charge is -2.15. The molecule has 1 aliphatic rings. The van der Waals surface area contributed by atoms with Crippen molar-refractivity contribution in [2.45, 2.75) is 45.9 Å². The Morgan fingerprint density at radius 3 is 2.62 bits per heavy atom. The van der Waals surface area contributed by atoms with Gasteiger partial charge in [-0.3, -0.25) is 4.79 Å². The van der Waals surface area contributed by atoms with Crippen LogP contribution < -0.4 is 20.9 Å². The molecule has 29 heavy (non-hydrogen) atoms. The molecule has 1 saturated heterocycles. The standard InChI is InChI=1S/C23H28N4O2/c1-4-27-20-9-7-6-8-18(20)15(3)22(27)19-14-21(26-25-19)24-23(28)16-10-12-17(13-11-16)29-5-2/h6-13,19,21,25-26H,4-5,14H2,1-3H3,(H,24,28). The molecule has 6 heteroatoms. The average Bonchev–Trinajstić information content (AvgIpc) is 3.31. The lowest BCUT2D eigenvalue weighted by molar-refractivity contribution is 0.0932. The number of hydrogen-bond acceptors (Lipinski definition) is 4. The lowest BCUT2D eigenvalue weighted by Crippen LogP contribution is -2.44. The van der Waals surface area contributed by atoms with Gasteiger partial charge in [0.05, 0.1) is 18.8 Å². The van der Waals surface area contributed by atoms with Crippen molar-refractivity contribution in [3.8, 4) is 5.75 Å². The van der Waals surface area contributed by atoms with Crippen LogP contribution in [0.25, 0.3) is 10.9 Å². The van der Waals surface area contributed by atoms with Crippen LogP contribution in [-0.2, 0) is 6.54 Å². The Bertz CT molecular complexity index is 1010. The van der Waals surface area contributed by atoms with E-state index in [9.17, 15) is 4.79 Å². The van der Waals surface area contributed by atoms with Crippen molar-refractivity contribution in [1.82, 2.24) is 20.7 Å². The molecule has 2 unspecified atom stereocenters. The number of hydrogen-bond donors (Lipinski definition) is 3. The summed E-state index contributed by atoms with van der Waals surface area (Å²) >= 11 is 0. The van der Waals surface area contributed by atoms with E-state index >= 15 is 0 Å². The number of aryl methyl sites for hydroxylation is 2. The molecule has 1 amide bonds. The van der Waals surface area contributed by atoms with Gasteiger partial charge >= 0.3 is 0 Å². The van der Waals surface area contributed by atoms with Crippen molar-refractivity contribution in [2.75, 3.05) is 6.61 Å². The van der Waals surface area contributed by atoms with Gasteiger partial charge in [-0.2, -0.15) is 0 Å². The Labute approximate surface area is 171 Å². The van der Waals surface area contributed by atoms with E-state index in [2.05, 4.69) is 58.8 Å². The maximum absolute atomic E-state index is 12.6. The number of fused-ring (bicyclic) bond motifs is 1. The first-order chi connectivity index (χ1) is 14.1. The molecular weight excluding hydrogens is 364 g/mol. The summed E-state index contributed by atoms with van der Waals surface area (Å²) in [5.74, 6) is 0.674. The average molecular weight is 393 g/mol. The Morgan fingerprint density at radius 1 is 1.14 bits per heavy atom. The summed E-state index contributed by atoms with van der Waals surface area (Å²) in [6.07, 6.45) is 0.640. The quantitative estimate of drug-likeness (QED) is 0.599. The van der Waals surface area contributed by atoms with E-state index in [0.717, 1.165) is 18.7 Å². The molecule has 6 nitrogen and oxygen atoms in total. The Kier molecular flexibility index (Phi) is 5.56. The number of para-hydroxylation sites is 1. The largest absolute Gasteiger partial charge is 0.494 e. The second-order valence-electron chi connectivity index (χ2n) is 7.33. The summed E-state index contributed by atoms with van der Waals surface area (Å²) in [6, 6.07) is 15.9. The van der Waals surface area contributed by atoms with Crippen molar-refractivity contribution >= 4 is 16.8 Å². The molecule has 2 aromatic carbocycles. The molecule has 3 aromatic rings. The third-order valence-corrected chi connectivity index (χ3v) is 5.56. The Morgan fingerprint density at radius 2 is 1.90 bits per heavy atom. The van der Waals surface area contributed by atoms with E-state index in [1.54, 1.807) is 12.1 Å². The molecule has 1 aliphatic heterocycles. The fraction of sp³-hybridized carbons (Fsp3) is 0.348. The lowest BCUT2D eigenvalue weighted by atomic mass is 10.1. The first-order valence-electron chi connectivity index (χ1n) is 10.2. The van der Waals surface area contributed by atoms with Crippen LogP contribution in [-0.4, -0.2) is 23.2 Å². The first-order valence-corrected chi connectivity index (χ1v) is 10.2. The zero-order valence-electron chi connectivity index (χ0n) is 17.2. The van der Waals surface area contributed by atoms with Gasteiger partial charge in [-0.15, -0.1) is 0 Å². The second-order valence-corrected chi connectivity index (χ2v) is 7.33. The fourth-order valence-corrected chi connectivity index (χ4v) is 4.23. The highest BCUT2D eigenvalue weighted by Crippen LogP contribution is 2.32. The normalized spacial score (nSPS) is 18.9. The smallest absolute Gasteiger partial charge is 0.252 e. The van der Waals surface area contributed by atoms with Crippen LogP contribution in [0.2, 0.25) is 0 Å². The summed E-state index contributed by atoms with van der Waals surface area (Å²) in [5, 5.41) is 4.36. The van der Waals surface area contributed by atoms with Gasteiger partial charge in [-0.1, -0.05) is 18.2 Å². The number of hydrazine groups is 1. The Hall–Kier alpha value is -2.83. The predicted octanol–water partition coefficient (Wildman–Crippen LogP) is 3.66. The van der Waals surface area contributed by atoms with Crippen molar-refractivity contribution in [2.24, 2.45) is 0 Å². The number of amides is 1. The van der Waals surface area contributed by atoms with Crippen LogP contribution in [0.15, 0.2) is 48.5 Å². The van der Waals surface area contributed by atoms with E-state index in [4.69, 9.17) is 4.74 Å². The number of nitrogens with one attached hydrogen (secondary N) is 3. The topological polar surface area (TPSA) is 67.3 Å². The summed E-state index contributed by atoms with van der Waals surface area (Å²) in [6.45, 7) is 7.80. The maximum Gasteiger partial charge on any atom is 0.252 e. The summed E-state index contributed by atoms with van der Waals surface area (Å²) < 4.78 is 7.80. The summed E-state index contributed by atoms with van der Waals surface area (Å²) in [4.78, 5) is 12.6. The molecule has 2 heterocycles. The van der Waals surface area contributed by atoms with Crippen molar-refractivity contribution in [1.29, 1.82) is 0 Å². The van der Waals surface area contributed by atoms with E-state index in [-0.39, 0.29) is 18.1 Å². The van der Waals surface area contributed by atoms with Crippen LogP contribution >= 0.6 is 0 Å². The van der Waals surface area contributed by atoms with Gasteiger partial charge in [-0.05, 0) is 56.7 Å². The zero-order chi connectivity index (χ0) is 20.4. The number of nitrogens with zero attached hydrogens (tertiary/aromatic N) is 1. The van der Waals surface area contributed by atoms with Gasteiger partial charge in [-0.25, -0.2) is 10.9 Å². The monoisotopic (exact) mass is 392 g/mol. The molecule has 0 saturated carbocycles. The third-order valence-electron chi connectivity index (χ3n) is 5.56. The number of benzene rings is 2. The van der Waals surface area contributed by atoms with Crippen molar-refractivity contribution < 1.29 is 9.53 Å². The van der Waals surface area contributed by atoms with Crippen LogP contribution in [0.5, 0.6) is 5.75 Å². The molecule has 1 aromatic heterocycles. The molecule has 0 bridgehead atoms. The van der Waals surface area contributed by atoms with Crippen LogP contribution in [0.4, 0.5) is 0 Å². The van der Waals surface area contributed by atoms with Gasteiger partial charge in [0, 0.05) is 35.1 Å². The molecular formula is C23H28N4O2.